The lowest BCUT2D eigenvalue weighted by Gasteiger charge is -2.12. The zero-order chi connectivity index (χ0) is 12.3. The van der Waals surface area contributed by atoms with Gasteiger partial charge in [-0.2, -0.15) is 9.97 Å². The van der Waals surface area contributed by atoms with Gasteiger partial charge in [0.15, 0.2) is 11.6 Å². The van der Waals surface area contributed by atoms with E-state index in [2.05, 4.69) is 15.0 Å². The predicted molar refractivity (Wildman–Crippen MR) is 67.7 cm³/mol. The Bertz CT molecular complexity index is 434. The first kappa shape index (κ1) is 12.7. The summed E-state index contributed by atoms with van der Waals surface area (Å²) < 4.78 is 4.92. The molecular formula is C8H11N5OS2. The fourth-order valence-corrected chi connectivity index (χ4v) is 1.04. The van der Waals surface area contributed by atoms with Crippen molar-refractivity contribution in [3.8, 4) is 6.01 Å². The molecule has 1 aromatic heterocycles. The van der Waals surface area contributed by atoms with Crippen molar-refractivity contribution in [2.45, 2.75) is 0 Å². The van der Waals surface area contributed by atoms with Crippen LogP contribution >= 0.6 is 24.4 Å². The standard InChI is InChI=1S/C8H11N5OS2/c1-13(2)7(16)6-10-5(4(9)15)11-8(12-6)14-3/h1-3H3,(H2,9,15). The van der Waals surface area contributed by atoms with Crippen LogP contribution in [0.3, 0.4) is 0 Å². The van der Waals surface area contributed by atoms with Gasteiger partial charge in [-0.3, -0.25) is 0 Å². The van der Waals surface area contributed by atoms with Crippen molar-refractivity contribution in [2.75, 3.05) is 21.2 Å². The predicted octanol–water partition coefficient (Wildman–Crippen LogP) is -0.249. The lowest BCUT2D eigenvalue weighted by Crippen LogP contribution is -2.25. The van der Waals surface area contributed by atoms with Crippen LogP contribution in [-0.2, 0) is 0 Å². The van der Waals surface area contributed by atoms with E-state index in [-0.39, 0.29) is 16.8 Å². The molecule has 2 N–H and O–H groups in total. The topological polar surface area (TPSA) is 77.2 Å². The summed E-state index contributed by atoms with van der Waals surface area (Å²) in [6.07, 6.45) is 0. The van der Waals surface area contributed by atoms with Gasteiger partial charge < -0.3 is 15.4 Å². The molecule has 0 atom stereocenters. The number of nitrogens with two attached hydrogens (primary N) is 1. The van der Waals surface area contributed by atoms with E-state index in [4.69, 9.17) is 34.9 Å². The monoisotopic (exact) mass is 257 g/mol. The Balaban J connectivity index is 3.24. The summed E-state index contributed by atoms with van der Waals surface area (Å²) in [4.78, 5) is 14.2. The van der Waals surface area contributed by atoms with Crippen LogP contribution in [0.4, 0.5) is 0 Å². The van der Waals surface area contributed by atoms with E-state index in [1.165, 1.54) is 7.11 Å². The molecule has 0 saturated heterocycles. The third-order valence-electron chi connectivity index (χ3n) is 1.62. The number of thiocarbonyl (C=S) groups is 2. The molecule has 0 radical (unpaired) electrons. The lowest BCUT2D eigenvalue weighted by molar-refractivity contribution is 0.376. The minimum atomic E-state index is 0.0727. The smallest absolute Gasteiger partial charge is 0.320 e. The van der Waals surface area contributed by atoms with Crippen LogP contribution in [0.25, 0.3) is 0 Å². The van der Waals surface area contributed by atoms with Gasteiger partial charge in [-0.25, -0.2) is 4.98 Å². The second kappa shape index (κ2) is 5.08. The largest absolute Gasteiger partial charge is 0.467 e. The Morgan fingerprint density at radius 2 is 1.75 bits per heavy atom. The minimum Gasteiger partial charge on any atom is -0.467 e. The summed E-state index contributed by atoms with van der Waals surface area (Å²) in [5.74, 6) is 0.510. The molecule has 0 aliphatic carbocycles. The summed E-state index contributed by atoms with van der Waals surface area (Å²) >= 11 is 9.93. The molecule has 0 aliphatic heterocycles. The molecule has 1 heterocycles. The zero-order valence-corrected chi connectivity index (χ0v) is 10.7. The zero-order valence-electron chi connectivity index (χ0n) is 9.09. The molecule has 0 unspecified atom stereocenters. The van der Waals surface area contributed by atoms with E-state index in [0.29, 0.717) is 10.8 Å². The quantitative estimate of drug-likeness (QED) is 0.743. The fraction of sp³-hybridized carbons (Fsp3) is 0.375. The third kappa shape index (κ3) is 2.80. The van der Waals surface area contributed by atoms with Crippen molar-refractivity contribution < 1.29 is 4.74 Å². The van der Waals surface area contributed by atoms with Crippen molar-refractivity contribution in [3.05, 3.63) is 11.6 Å². The number of hydrogen-bond acceptors (Lipinski definition) is 6. The highest BCUT2D eigenvalue weighted by Gasteiger charge is 2.13. The molecule has 0 aliphatic rings. The number of methoxy groups -OCH3 is 1. The van der Waals surface area contributed by atoms with Gasteiger partial charge in [0.1, 0.15) is 9.98 Å². The van der Waals surface area contributed by atoms with Crippen LogP contribution in [0.2, 0.25) is 0 Å². The summed E-state index contributed by atoms with van der Waals surface area (Å²) in [5, 5.41) is 0. The number of ether oxygens (including phenoxy) is 1. The summed E-state index contributed by atoms with van der Waals surface area (Å²) in [6, 6.07) is 0.136. The van der Waals surface area contributed by atoms with Crippen molar-refractivity contribution >= 4 is 34.4 Å². The van der Waals surface area contributed by atoms with Crippen LogP contribution in [0, 0.1) is 0 Å². The average Bonchev–Trinajstić information content (AvgIpc) is 2.27. The Kier molecular flexibility index (Phi) is 4.02. The van der Waals surface area contributed by atoms with Gasteiger partial charge >= 0.3 is 6.01 Å². The Hall–Kier alpha value is -1.41. The van der Waals surface area contributed by atoms with Gasteiger partial charge in [0, 0.05) is 14.1 Å². The van der Waals surface area contributed by atoms with Crippen LogP contribution in [0.5, 0.6) is 6.01 Å². The van der Waals surface area contributed by atoms with Gasteiger partial charge in [0.05, 0.1) is 7.11 Å². The highest BCUT2D eigenvalue weighted by Crippen LogP contribution is 2.05. The van der Waals surface area contributed by atoms with E-state index < -0.39 is 0 Å². The first-order valence-electron chi connectivity index (χ1n) is 4.27. The molecular weight excluding hydrogens is 246 g/mol. The Labute approximate surface area is 104 Å². The fourth-order valence-electron chi connectivity index (χ4n) is 0.854. The normalized spacial score (nSPS) is 9.69. The molecule has 6 nitrogen and oxygen atoms in total. The first-order valence-corrected chi connectivity index (χ1v) is 5.09. The Morgan fingerprint density at radius 1 is 1.19 bits per heavy atom. The summed E-state index contributed by atoms with van der Waals surface area (Å²) in [7, 11) is 5.03. The summed E-state index contributed by atoms with van der Waals surface area (Å²) in [5.41, 5.74) is 5.45. The van der Waals surface area contributed by atoms with E-state index in [0.717, 1.165) is 0 Å². The van der Waals surface area contributed by atoms with E-state index in [9.17, 15) is 0 Å². The van der Waals surface area contributed by atoms with Gasteiger partial charge in [0.25, 0.3) is 0 Å². The maximum Gasteiger partial charge on any atom is 0.320 e. The maximum absolute atomic E-state index is 5.45. The van der Waals surface area contributed by atoms with Crippen LogP contribution in [0.15, 0.2) is 0 Å². The molecule has 16 heavy (non-hydrogen) atoms. The van der Waals surface area contributed by atoms with E-state index >= 15 is 0 Å². The molecule has 8 heteroatoms. The van der Waals surface area contributed by atoms with Crippen LogP contribution in [0.1, 0.15) is 11.6 Å². The molecule has 0 spiro atoms. The molecule has 0 aromatic carbocycles. The molecule has 86 valence electrons. The number of rotatable bonds is 3. The van der Waals surface area contributed by atoms with Gasteiger partial charge in [-0.05, 0) is 0 Å². The number of aromatic nitrogens is 3. The van der Waals surface area contributed by atoms with E-state index in [1.807, 2.05) is 0 Å². The van der Waals surface area contributed by atoms with Crippen molar-refractivity contribution in [1.29, 1.82) is 0 Å². The van der Waals surface area contributed by atoms with Crippen LogP contribution in [-0.4, -0.2) is 51.0 Å². The van der Waals surface area contributed by atoms with E-state index in [1.54, 1.807) is 19.0 Å². The minimum absolute atomic E-state index is 0.0727. The molecule has 1 rings (SSSR count). The lowest BCUT2D eigenvalue weighted by atomic mass is 10.5. The van der Waals surface area contributed by atoms with Gasteiger partial charge in [-0.1, -0.05) is 24.4 Å². The second-order valence-electron chi connectivity index (χ2n) is 3.03. The molecule has 0 bridgehead atoms. The highest BCUT2D eigenvalue weighted by atomic mass is 32.1. The molecule has 0 saturated carbocycles. The Morgan fingerprint density at radius 3 is 2.19 bits per heavy atom. The van der Waals surface area contributed by atoms with Gasteiger partial charge in [0.2, 0.25) is 0 Å². The maximum atomic E-state index is 5.45. The SMILES string of the molecule is COc1nc(C(N)=S)nc(C(=S)N(C)C)n1. The molecule has 0 amide bonds. The second-order valence-corrected chi connectivity index (χ2v) is 3.86. The van der Waals surface area contributed by atoms with Gasteiger partial charge in [-0.15, -0.1) is 0 Å². The summed E-state index contributed by atoms with van der Waals surface area (Å²) in [6.45, 7) is 0. The number of nitrogens with zero attached hydrogens (tertiary/aromatic N) is 4. The van der Waals surface area contributed by atoms with Crippen molar-refractivity contribution in [2.24, 2.45) is 5.73 Å². The molecule has 0 fully saturated rings. The third-order valence-corrected chi connectivity index (χ3v) is 2.35. The van der Waals surface area contributed by atoms with Crippen LogP contribution < -0.4 is 10.5 Å². The first-order chi connectivity index (χ1) is 7.45. The van der Waals surface area contributed by atoms with Crippen molar-refractivity contribution in [3.63, 3.8) is 0 Å². The highest BCUT2D eigenvalue weighted by molar-refractivity contribution is 7.81. The average molecular weight is 257 g/mol. The number of hydrogen-bond donors (Lipinski definition) is 1. The molecule has 1 aromatic rings. The van der Waals surface area contributed by atoms with Crippen molar-refractivity contribution in [1.82, 2.24) is 19.9 Å².